The molecule has 0 saturated carbocycles. The lowest BCUT2D eigenvalue weighted by Crippen LogP contribution is -1.99. The van der Waals surface area contributed by atoms with Gasteiger partial charge in [-0.05, 0) is 34.0 Å². The van der Waals surface area contributed by atoms with Crippen molar-refractivity contribution in [3.8, 4) is 0 Å². The minimum absolute atomic E-state index is 0.0459. The molecule has 0 fully saturated rings. The van der Waals surface area contributed by atoms with E-state index in [2.05, 4.69) is 54.6 Å². The van der Waals surface area contributed by atoms with E-state index in [1.807, 2.05) is 6.08 Å². The smallest absolute Gasteiger partial charge is 0.101 e. The maximum Gasteiger partial charge on any atom is 0.101 e. The Bertz CT molecular complexity index is 608. The number of ether oxygens (including phenoxy) is 1. The maximum absolute atomic E-state index is 5.52. The van der Waals surface area contributed by atoms with Crippen LogP contribution in [-0.4, -0.2) is 7.11 Å². The summed E-state index contributed by atoms with van der Waals surface area (Å²) < 4.78 is 5.52. The highest BCUT2D eigenvalue weighted by molar-refractivity contribution is 5.86. The maximum atomic E-state index is 5.52. The minimum Gasteiger partial charge on any atom is -0.373 e. The number of rotatable bonds is 1. The quantitative estimate of drug-likeness (QED) is 0.705. The molecule has 0 bridgehead atoms. The van der Waals surface area contributed by atoms with Crippen LogP contribution in [0.1, 0.15) is 17.2 Å². The summed E-state index contributed by atoms with van der Waals surface area (Å²) in [4.78, 5) is 0. The second kappa shape index (κ2) is 4.19. The molecule has 1 nitrogen and oxygen atoms in total. The van der Waals surface area contributed by atoms with Gasteiger partial charge in [0.05, 0.1) is 0 Å². The van der Waals surface area contributed by atoms with Crippen molar-refractivity contribution in [2.45, 2.75) is 6.10 Å². The predicted molar refractivity (Wildman–Crippen MR) is 71.9 cm³/mol. The van der Waals surface area contributed by atoms with Gasteiger partial charge in [-0.15, -0.1) is 0 Å². The molecule has 1 unspecified atom stereocenters. The molecule has 0 radical (unpaired) electrons. The molecule has 2 aromatic rings. The summed E-state index contributed by atoms with van der Waals surface area (Å²) in [7, 11) is 1.75. The van der Waals surface area contributed by atoms with Gasteiger partial charge in [-0.2, -0.15) is 0 Å². The molecule has 0 saturated heterocycles. The van der Waals surface area contributed by atoms with Crippen molar-refractivity contribution in [3.63, 3.8) is 0 Å². The fraction of sp³-hybridized carbons (Fsp3) is 0.125. The van der Waals surface area contributed by atoms with Gasteiger partial charge in [0.15, 0.2) is 0 Å². The van der Waals surface area contributed by atoms with E-state index in [0.717, 1.165) is 0 Å². The molecule has 1 heteroatoms. The first-order chi connectivity index (χ1) is 8.38. The Morgan fingerprint density at radius 1 is 1.00 bits per heavy atom. The number of methoxy groups -OCH3 is 1. The van der Waals surface area contributed by atoms with Gasteiger partial charge in [-0.1, -0.05) is 48.6 Å². The number of fused-ring (bicyclic) bond motifs is 2. The molecular formula is C16H14O. The Morgan fingerprint density at radius 3 is 2.53 bits per heavy atom. The Balaban J connectivity index is 2.28. The van der Waals surface area contributed by atoms with Crippen LogP contribution in [0.3, 0.4) is 0 Å². The molecule has 0 heterocycles. The third kappa shape index (κ3) is 1.79. The highest BCUT2D eigenvalue weighted by atomic mass is 16.5. The first-order valence-corrected chi connectivity index (χ1v) is 5.79. The molecule has 0 amide bonds. The van der Waals surface area contributed by atoms with E-state index in [-0.39, 0.29) is 6.10 Å². The van der Waals surface area contributed by atoms with Gasteiger partial charge in [0.2, 0.25) is 0 Å². The average molecular weight is 222 g/mol. The lowest BCUT2D eigenvalue weighted by molar-refractivity contribution is 0.143. The molecule has 0 spiro atoms. The summed E-state index contributed by atoms with van der Waals surface area (Å²) in [5.74, 6) is 0. The first-order valence-electron chi connectivity index (χ1n) is 5.79. The monoisotopic (exact) mass is 222 g/mol. The highest BCUT2D eigenvalue weighted by Gasteiger charge is 2.13. The Morgan fingerprint density at radius 2 is 1.76 bits per heavy atom. The molecule has 1 aliphatic rings. The van der Waals surface area contributed by atoms with Gasteiger partial charge in [0.1, 0.15) is 6.10 Å². The second-order valence-electron chi connectivity index (χ2n) is 4.23. The first kappa shape index (κ1) is 10.3. The number of hydrogen-bond acceptors (Lipinski definition) is 1. The van der Waals surface area contributed by atoms with Crippen molar-refractivity contribution in [1.82, 2.24) is 0 Å². The lowest BCUT2D eigenvalue weighted by atomic mass is 9.98. The minimum atomic E-state index is 0.0459. The summed E-state index contributed by atoms with van der Waals surface area (Å²) in [5.41, 5.74) is 2.47. The van der Waals surface area contributed by atoms with Crippen molar-refractivity contribution in [3.05, 3.63) is 65.8 Å². The SMILES string of the molecule is COC1C=CC=Cc2cc3ccccc3cc21. The van der Waals surface area contributed by atoms with Crippen LogP contribution < -0.4 is 0 Å². The molecule has 0 aromatic heterocycles. The Hall–Kier alpha value is -1.86. The highest BCUT2D eigenvalue weighted by Crippen LogP contribution is 2.30. The van der Waals surface area contributed by atoms with Gasteiger partial charge in [0, 0.05) is 7.11 Å². The van der Waals surface area contributed by atoms with Gasteiger partial charge in [-0.25, -0.2) is 0 Å². The summed E-state index contributed by atoms with van der Waals surface area (Å²) in [6.07, 6.45) is 8.37. The fourth-order valence-corrected chi connectivity index (χ4v) is 2.30. The van der Waals surface area contributed by atoms with E-state index in [4.69, 9.17) is 4.74 Å². The normalized spacial score (nSPS) is 18.1. The largest absolute Gasteiger partial charge is 0.373 e. The number of allylic oxidation sites excluding steroid dienone is 2. The molecule has 1 atom stereocenters. The number of benzene rings is 2. The third-order valence-corrected chi connectivity index (χ3v) is 3.18. The van der Waals surface area contributed by atoms with Gasteiger partial charge >= 0.3 is 0 Å². The molecule has 1 aliphatic carbocycles. The van der Waals surface area contributed by atoms with Crippen molar-refractivity contribution >= 4 is 16.8 Å². The topological polar surface area (TPSA) is 9.23 Å². The van der Waals surface area contributed by atoms with Gasteiger partial charge in [0.25, 0.3) is 0 Å². The molecule has 17 heavy (non-hydrogen) atoms. The third-order valence-electron chi connectivity index (χ3n) is 3.18. The van der Waals surface area contributed by atoms with Crippen LogP contribution in [0.15, 0.2) is 54.6 Å². The summed E-state index contributed by atoms with van der Waals surface area (Å²) in [6, 6.07) is 12.9. The van der Waals surface area contributed by atoms with Crippen molar-refractivity contribution in [2.24, 2.45) is 0 Å². The second-order valence-corrected chi connectivity index (χ2v) is 4.23. The molecule has 84 valence electrons. The van der Waals surface area contributed by atoms with E-state index < -0.39 is 0 Å². The van der Waals surface area contributed by atoms with Crippen molar-refractivity contribution in [2.75, 3.05) is 7.11 Å². The van der Waals surface area contributed by atoms with E-state index >= 15 is 0 Å². The van der Waals surface area contributed by atoms with Gasteiger partial charge in [-0.3, -0.25) is 0 Å². The Labute approximate surface area is 101 Å². The van der Waals surface area contributed by atoms with Crippen LogP contribution in [0.25, 0.3) is 16.8 Å². The molecule has 0 aliphatic heterocycles. The van der Waals surface area contributed by atoms with Crippen LogP contribution in [0.4, 0.5) is 0 Å². The van der Waals surface area contributed by atoms with Crippen LogP contribution in [0.5, 0.6) is 0 Å². The molecule has 0 N–H and O–H groups in total. The predicted octanol–water partition coefficient (Wildman–Crippen LogP) is 4.11. The van der Waals surface area contributed by atoms with Crippen molar-refractivity contribution in [1.29, 1.82) is 0 Å². The summed E-state index contributed by atoms with van der Waals surface area (Å²) in [6.45, 7) is 0. The van der Waals surface area contributed by atoms with Crippen LogP contribution in [0.2, 0.25) is 0 Å². The van der Waals surface area contributed by atoms with E-state index in [9.17, 15) is 0 Å². The molecule has 3 rings (SSSR count). The lowest BCUT2D eigenvalue weighted by Gasteiger charge is -2.14. The average Bonchev–Trinajstić information content (AvgIpc) is 2.57. The zero-order chi connectivity index (χ0) is 11.7. The zero-order valence-electron chi connectivity index (χ0n) is 9.76. The fourth-order valence-electron chi connectivity index (χ4n) is 2.30. The molecule has 2 aromatic carbocycles. The van der Waals surface area contributed by atoms with E-state index in [1.54, 1.807) is 7.11 Å². The summed E-state index contributed by atoms with van der Waals surface area (Å²) >= 11 is 0. The number of hydrogen-bond donors (Lipinski definition) is 0. The molecular weight excluding hydrogens is 208 g/mol. The Kier molecular flexibility index (Phi) is 2.54. The standard InChI is InChI=1S/C16H14O/c1-17-16-9-5-4-8-14-10-12-6-2-3-7-13(12)11-15(14)16/h2-11,16H,1H3. The van der Waals surface area contributed by atoms with Crippen molar-refractivity contribution < 1.29 is 4.74 Å². The van der Waals surface area contributed by atoms with Crippen LogP contribution in [-0.2, 0) is 4.74 Å². The van der Waals surface area contributed by atoms with E-state index in [0.29, 0.717) is 0 Å². The van der Waals surface area contributed by atoms with Crippen LogP contribution in [0, 0.1) is 0 Å². The van der Waals surface area contributed by atoms with Gasteiger partial charge < -0.3 is 4.74 Å². The van der Waals surface area contributed by atoms with E-state index in [1.165, 1.54) is 21.9 Å². The zero-order valence-corrected chi connectivity index (χ0v) is 9.76. The summed E-state index contributed by atoms with van der Waals surface area (Å²) in [5, 5.41) is 2.53. The van der Waals surface area contributed by atoms with Crippen LogP contribution >= 0.6 is 0 Å².